The van der Waals surface area contributed by atoms with E-state index in [9.17, 15) is 22.8 Å². The number of carbonyl (C=O) groups excluding carboxylic acids is 1. The molecule has 0 aliphatic heterocycles. The molecular weight excluding hydrogens is 341 g/mol. The summed E-state index contributed by atoms with van der Waals surface area (Å²) in [5, 5.41) is 13.7. The van der Waals surface area contributed by atoms with Gasteiger partial charge in [-0.25, -0.2) is 4.79 Å². The first-order valence-corrected chi connectivity index (χ1v) is 7.49. The number of benzene rings is 1. The van der Waals surface area contributed by atoms with Crippen LogP contribution in [0, 0.1) is 6.92 Å². The highest BCUT2D eigenvalue weighted by Crippen LogP contribution is 2.28. The number of aliphatic carboxylic acids is 1. The van der Waals surface area contributed by atoms with Gasteiger partial charge < -0.3 is 20.5 Å². The molecule has 0 saturated carbocycles. The monoisotopic (exact) mass is 362 g/mol. The molecule has 0 radical (unpaired) electrons. The lowest BCUT2D eigenvalue weighted by Crippen LogP contribution is -2.45. The zero-order chi connectivity index (χ0) is 19.3. The Morgan fingerprint density at radius 2 is 1.88 bits per heavy atom. The van der Waals surface area contributed by atoms with Crippen molar-refractivity contribution in [1.29, 1.82) is 0 Å². The molecule has 1 rings (SSSR count). The summed E-state index contributed by atoms with van der Waals surface area (Å²) >= 11 is 0. The van der Waals surface area contributed by atoms with Crippen LogP contribution in [0.2, 0.25) is 0 Å². The molecule has 0 aromatic heterocycles. The van der Waals surface area contributed by atoms with E-state index >= 15 is 0 Å². The lowest BCUT2D eigenvalue weighted by molar-refractivity contribution is -0.153. The highest BCUT2D eigenvalue weighted by Gasteiger charge is 2.29. The van der Waals surface area contributed by atoms with Gasteiger partial charge in [-0.1, -0.05) is 6.07 Å². The third-order valence-electron chi connectivity index (χ3n) is 3.19. The van der Waals surface area contributed by atoms with E-state index < -0.39 is 30.3 Å². The minimum atomic E-state index is -4.50. The highest BCUT2D eigenvalue weighted by atomic mass is 19.4. The van der Waals surface area contributed by atoms with Gasteiger partial charge in [0.05, 0.1) is 5.69 Å². The van der Waals surface area contributed by atoms with Gasteiger partial charge in [0, 0.05) is 12.0 Å². The molecule has 2 amide bonds. The third kappa shape index (κ3) is 8.27. The number of aryl methyl sites for hydroxylation is 1. The molecule has 1 aromatic rings. The van der Waals surface area contributed by atoms with Gasteiger partial charge in [-0.3, -0.25) is 4.79 Å². The molecular formula is C16H21F3N2O4. The Bertz CT molecular complexity index is 630. The Kier molecular flexibility index (Phi) is 6.66. The predicted octanol–water partition coefficient (Wildman–Crippen LogP) is 3.70. The van der Waals surface area contributed by atoms with Crippen LogP contribution in [0.4, 0.5) is 23.7 Å². The van der Waals surface area contributed by atoms with Crippen molar-refractivity contribution >= 4 is 17.7 Å². The number of amides is 2. The Hall–Kier alpha value is -2.45. The van der Waals surface area contributed by atoms with E-state index in [-0.39, 0.29) is 24.3 Å². The number of carboxylic acid groups (broad SMARTS) is 1. The van der Waals surface area contributed by atoms with Crippen molar-refractivity contribution in [3.63, 3.8) is 0 Å². The van der Waals surface area contributed by atoms with E-state index in [0.29, 0.717) is 5.56 Å². The molecule has 0 saturated heterocycles. The number of hydrogen-bond donors (Lipinski definition) is 3. The Balaban J connectivity index is 2.77. The van der Waals surface area contributed by atoms with Crippen molar-refractivity contribution in [2.24, 2.45) is 0 Å². The average molecular weight is 362 g/mol. The number of rotatable bonds is 7. The molecule has 0 unspecified atom stereocenters. The smallest absolute Gasteiger partial charge is 0.422 e. The Morgan fingerprint density at radius 3 is 2.44 bits per heavy atom. The van der Waals surface area contributed by atoms with Crippen LogP contribution in [0.3, 0.4) is 0 Å². The predicted molar refractivity (Wildman–Crippen MR) is 85.8 cm³/mol. The maximum absolute atomic E-state index is 12.3. The van der Waals surface area contributed by atoms with Crippen LogP contribution in [-0.2, 0) is 4.79 Å². The lowest BCUT2D eigenvalue weighted by atomic mass is 9.99. The summed E-state index contributed by atoms with van der Waals surface area (Å²) in [6.07, 6.45) is -4.43. The fourth-order valence-electron chi connectivity index (χ4n) is 1.95. The molecule has 9 heteroatoms. The summed E-state index contributed by atoms with van der Waals surface area (Å²) in [5.41, 5.74) is -0.0496. The normalized spacial score (nSPS) is 11.8. The number of urea groups is 1. The van der Waals surface area contributed by atoms with Crippen molar-refractivity contribution in [3.8, 4) is 5.75 Å². The average Bonchev–Trinajstić information content (AvgIpc) is 2.44. The second-order valence-corrected chi connectivity index (χ2v) is 6.26. The zero-order valence-corrected chi connectivity index (χ0v) is 14.2. The molecule has 0 aliphatic carbocycles. The van der Waals surface area contributed by atoms with E-state index in [0.717, 1.165) is 0 Å². The lowest BCUT2D eigenvalue weighted by Gasteiger charge is -2.26. The van der Waals surface area contributed by atoms with Gasteiger partial charge in [-0.15, -0.1) is 0 Å². The maximum Gasteiger partial charge on any atom is 0.422 e. The van der Waals surface area contributed by atoms with Gasteiger partial charge in [-0.2, -0.15) is 13.2 Å². The molecule has 140 valence electrons. The van der Waals surface area contributed by atoms with E-state index in [4.69, 9.17) is 9.84 Å². The number of halogens is 3. The van der Waals surface area contributed by atoms with Crippen LogP contribution in [0.1, 0.15) is 32.3 Å². The van der Waals surface area contributed by atoms with Crippen LogP contribution in [0.25, 0.3) is 0 Å². The summed E-state index contributed by atoms with van der Waals surface area (Å²) in [4.78, 5) is 22.7. The van der Waals surface area contributed by atoms with Crippen molar-refractivity contribution in [2.75, 3.05) is 11.9 Å². The molecule has 1 aromatic carbocycles. The molecule has 0 atom stereocenters. The maximum atomic E-state index is 12.3. The number of carboxylic acids is 1. The number of alkyl halides is 3. The molecule has 3 N–H and O–H groups in total. The van der Waals surface area contributed by atoms with Gasteiger partial charge >= 0.3 is 18.2 Å². The minimum absolute atomic E-state index is 0.0846. The van der Waals surface area contributed by atoms with Gasteiger partial charge in [0.15, 0.2) is 6.61 Å². The Morgan fingerprint density at radius 1 is 1.24 bits per heavy atom. The van der Waals surface area contributed by atoms with Crippen LogP contribution >= 0.6 is 0 Å². The Labute approximate surface area is 143 Å². The molecule has 0 aliphatic rings. The molecule has 0 heterocycles. The largest absolute Gasteiger partial charge is 0.482 e. The number of ether oxygens (including phenoxy) is 1. The minimum Gasteiger partial charge on any atom is -0.482 e. The first kappa shape index (κ1) is 20.6. The van der Waals surface area contributed by atoms with Gasteiger partial charge in [0.1, 0.15) is 5.75 Å². The molecule has 6 nitrogen and oxygen atoms in total. The zero-order valence-electron chi connectivity index (χ0n) is 14.2. The van der Waals surface area contributed by atoms with Crippen molar-refractivity contribution in [3.05, 3.63) is 23.8 Å². The first-order chi connectivity index (χ1) is 11.4. The van der Waals surface area contributed by atoms with Crippen molar-refractivity contribution < 1.29 is 32.6 Å². The van der Waals surface area contributed by atoms with Crippen LogP contribution in [-0.4, -0.2) is 35.4 Å². The third-order valence-corrected chi connectivity index (χ3v) is 3.19. The fraction of sp³-hybridized carbons (Fsp3) is 0.500. The SMILES string of the molecule is Cc1ccc(NC(=O)NC(C)(C)CCC(=O)O)c(OCC(F)(F)F)c1. The molecule has 0 spiro atoms. The number of carbonyl (C=O) groups is 2. The number of nitrogens with one attached hydrogen (secondary N) is 2. The quantitative estimate of drug-likeness (QED) is 0.690. The second kappa shape index (κ2) is 8.09. The van der Waals surface area contributed by atoms with Crippen molar-refractivity contribution in [2.45, 2.75) is 45.3 Å². The van der Waals surface area contributed by atoms with E-state index in [1.807, 2.05) is 0 Å². The second-order valence-electron chi connectivity index (χ2n) is 6.26. The van der Waals surface area contributed by atoms with Crippen LogP contribution in [0.5, 0.6) is 5.75 Å². The fourth-order valence-corrected chi connectivity index (χ4v) is 1.95. The molecule has 0 bridgehead atoms. The van der Waals surface area contributed by atoms with E-state index in [1.165, 1.54) is 12.1 Å². The van der Waals surface area contributed by atoms with Gasteiger partial charge in [0.25, 0.3) is 0 Å². The van der Waals surface area contributed by atoms with Gasteiger partial charge in [-0.05, 0) is 44.9 Å². The van der Waals surface area contributed by atoms with Gasteiger partial charge in [0.2, 0.25) is 0 Å². The molecule has 25 heavy (non-hydrogen) atoms. The van der Waals surface area contributed by atoms with Crippen LogP contribution < -0.4 is 15.4 Å². The standard InChI is InChI=1S/C16H21F3N2O4/c1-10-4-5-11(12(8-10)25-9-16(17,18)19)20-14(24)21-15(2,3)7-6-13(22)23/h4-5,8H,6-7,9H2,1-3H3,(H,22,23)(H2,20,21,24). The van der Waals surface area contributed by atoms with E-state index in [1.54, 1.807) is 26.8 Å². The van der Waals surface area contributed by atoms with Crippen LogP contribution in [0.15, 0.2) is 18.2 Å². The number of hydrogen-bond acceptors (Lipinski definition) is 3. The summed E-state index contributed by atoms with van der Waals surface area (Å²) < 4.78 is 41.8. The molecule has 0 fully saturated rings. The highest BCUT2D eigenvalue weighted by molar-refractivity contribution is 5.91. The number of anilines is 1. The summed E-state index contributed by atoms with van der Waals surface area (Å²) in [5.74, 6) is -1.09. The summed E-state index contributed by atoms with van der Waals surface area (Å²) in [6, 6.07) is 3.77. The topological polar surface area (TPSA) is 87.7 Å². The summed E-state index contributed by atoms with van der Waals surface area (Å²) in [6.45, 7) is 3.49. The van der Waals surface area contributed by atoms with Crippen molar-refractivity contribution in [1.82, 2.24) is 5.32 Å². The summed E-state index contributed by atoms with van der Waals surface area (Å²) in [7, 11) is 0. The first-order valence-electron chi connectivity index (χ1n) is 7.49. The van der Waals surface area contributed by atoms with E-state index in [2.05, 4.69) is 10.6 Å².